The van der Waals surface area contributed by atoms with Crippen LogP contribution in [0.4, 0.5) is 0 Å². The van der Waals surface area contributed by atoms with Gasteiger partial charge in [0.05, 0.1) is 6.10 Å². The van der Waals surface area contributed by atoms with Gasteiger partial charge in [-0.05, 0) is 31.5 Å². The van der Waals surface area contributed by atoms with Gasteiger partial charge in [-0.3, -0.25) is 4.79 Å². The van der Waals surface area contributed by atoms with Crippen molar-refractivity contribution in [2.45, 2.75) is 19.4 Å². The van der Waals surface area contributed by atoms with E-state index in [2.05, 4.69) is 6.58 Å². The van der Waals surface area contributed by atoms with Gasteiger partial charge < -0.3 is 10.2 Å². The third kappa shape index (κ3) is 2.92. The fourth-order valence-corrected chi connectivity index (χ4v) is 1.35. The molecule has 80 valence electrons. The monoisotopic (exact) mass is 206 g/mol. The predicted molar refractivity (Wildman–Crippen MR) is 57.9 cm³/mol. The van der Waals surface area contributed by atoms with E-state index in [0.29, 0.717) is 23.8 Å². The second-order valence-electron chi connectivity index (χ2n) is 3.61. The molecule has 0 fully saturated rings. The summed E-state index contributed by atoms with van der Waals surface area (Å²) < 4.78 is 0. The van der Waals surface area contributed by atoms with Crippen LogP contribution in [0.15, 0.2) is 30.4 Å². The van der Waals surface area contributed by atoms with E-state index in [1.165, 1.54) is 18.2 Å². The molecule has 3 nitrogen and oxygen atoms in total. The van der Waals surface area contributed by atoms with E-state index in [9.17, 15) is 15.0 Å². The van der Waals surface area contributed by atoms with Gasteiger partial charge in [-0.1, -0.05) is 5.57 Å². The lowest BCUT2D eigenvalue weighted by Gasteiger charge is -2.12. The van der Waals surface area contributed by atoms with Crippen molar-refractivity contribution in [3.8, 4) is 5.75 Å². The summed E-state index contributed by atoms with van der Waals surface area (Å²) in [7, 11) is 0. The largest absolute Gasteiger partial charge is 0.508 e. The summed E-state index contributed by atoms with van der Waals surface area (Å²) in [6.07, 6.45) is 0.231. The average Bonchev–Trinajstić information content (AvgIpc) is 2.17. The zero-order valence-corrected chi connectivity index (χ0v) is 8.60. The number of aromatic hydroxyl groups is 1. The summed E-state index contributed by atoms with van der Waals surface area (Å²) in [5.41, 5.74) is 1.62. The Balaban J connectivity index is 3.00. The Kier molecular flexibility index (Phi) is 3.63. The van der Waals surface area contributed by atoms with Gasteiger partial charge in [0.15, 0.2) is 0 Å². The Morgan fingerprint density at radius 1 is 1.60 bits per heavy atom. The zero-order chi connectivity index (χ0) is 11.4. The van der Waals surface area contributed by atoms with E-state index in [1.54, 1.807) is 6.92 Å². The van der Waals surface area contributed by atoms with E-state index in [-0.39, 0.29) is 5.75 Å². The zero-order valence-electron chi connectivity index (χ0n) is 8.60. The number of carbonyl (C=O) groups excluding carboxylic acids is 1. The maximum absolute atomic E-state index is 10.5. The number of carbonyl (C=O) groups is 1. The van der Waals surface area contributed by atoms with Crippen molar-refractivity contribution >= 4 is 6.29 Å². The van der Waals surface area contributed by atoms with Crippen LogP contribution in [0.2, 0.25) is 0 Å². The van der Waals surface area contributed by atoms with Gasteiger partial charge in [0.1, 0.15) is 12.0 Å². The first-order valence-electron chi connectivity index (χ1n) is 4.65. The van der Waals surface area contributed by atoms with E-state index < -0.39 is 6.10 Å². The minimum absolute atomic E-state index is 0.00523. The number of phenolic OH excluding ortho intramolecular Hbond substituents is 1. The fourth-order valence-electron chi connectivity index (χ4n) is 1.35. The topological polar surface area (TPSA) is 57.5 Å². The van der Waals surface area contributed by atoms with Crippen LogP contribution in [-0.2, 0) is 0 Å². The maximum atomic E-state index is 10.5. The highest BCUT2D eigenvalue weighted by Gasteiger charge is 2.12. The molecule has 0 saturated heterocycles. The van der Waals surface area contributed by atoms with Crippen LogP contribution in [0.5, 0.6) is 5.75 Å². The van der Waals surface area contributed by atoms with Gasteiger partial charge in [0.2, 0.25) is 0 Å². The van der Waals surface area contributed by atoms with Crippen molar-refractivity contribution in [2.75, 3.05) is 0 Å². The molecule has 3 heteroatoms. The highest BCUT2D eigenvalue weighted by atomic mass is 16.3. The van der Waals surface area contributed by atoms with Gasteiger partial charge in [-0.15, -0.1) is 6.58 Å². The van der Waals surface area contributed by atoms with Gasteiger partial charge in [0.25, 0.3) is 0 Å². The van der Waals surface area contributed by atoms with Crippen molar-refractivity contribution in [3.05, 3.63) is 41.5 Å². The van der Waals surface area contributed by atoms with Gasteiger partial charge in [-0.2, -0.15) is 0 Å². The van der Waals surface area contributed by atoms with E-state index in [0.717, 1.165) is 5.57 Å². The SMILES string of the molecule is C=C(C)CC(O)c1cc(C=O)ccc1O. The summed E-state index contributed by atoms with van der Waals surface area (Å²) in [5, 5.41) is 19.3. The minimum Gasteiger partial charge on any atom is -0.508 e. The Morgan fingerprint density at radius 3 is 2.80 bits per heavy atom. The molecule has 0 heterocycles. The lowest BCUT2D eigenvalue weighted by Crippen LogP contribution is -1.99. The summed E-state index contributed by atoms with van der Waals surface area (Å²) in [6.45, 7) is 5.48. The Labute approximate surface area is 88.7 Å². The first kappa shape index (κ1) is 11.5. The Bertz CT molecular complexity index is 382. The standard InChI is InChI=1S/C12H14O3/c1-8(2)5-12(15)10-6-9(7-13)3-4-11(10)14/h3-4,6-7,12,14-15H,1,5H2,2H3. The van der Waals surface area contributed by atoms with E-state index in [4.69, 9.17) is 0 Å². The summed E-state index contributed by atoms with van der Waals surface area (Å²) in [4.78, 5) is 10.5. The number of aliphatic hydroxyl groups excluding tert-OH is 1. The molecule has 15 heavy (non-hydrogen) atoms. The van der Waals surface area contributed by atoms with E-state index >= 15 is 0 Å². The molecule has 1 aromatic carbocycles. The molecule has 1 unspecified atom stereocenters. The highest BCUT2D eigenvalue weighted by molar-refractivity contribution is 5.75. The van der Waals surface area contributed by atoms with Crippen LogP contribution in [-0.4, -0.2) is 16.5 Å². The normalized spacial score (nSPS) is 12.1. The van der Waals surface area contributed by atoms with Gasteiger partial charge in [-0.25, -0.2) is 0 Å². The molecule has 1 rings (SSSR count). The number of aliphatic hydroxyl groups is 1. The molecule has 0 aliphatic heterocycles. The molecule has 0 radical (unpaired) electrons. The quantitative estimate of drug-likeness (QED) is 0.586. The molecule has 0 bridgehead atoms. The number of aldehydes is 1. The molecule has 0 spiro atoms. The molecule has 1 aromatic rings. The summed E-state index contributed by atoms with van der Waals surface area (Å²) in [5.74, 6) is -0.00523. The molecule has 0 aliphatic rings. The number of phenols is 1. The lowest BCUT2D eigenvalue weighted by molar-refractivity contribution is 0.112. The van der Waals surface area contributed by atoms with Gasteiger partial charge >= 0.3 is 0 Å². The van der Waals surface area contributed by atoms with Crippen LogP contribution in [0.1, 0.15) is 35.4 Å². The van der Waals surface area contributed by atoms with Crippen molar-refractivity contribution in [1.82, 2.24) is 0 Å². The molecular formula is C12H14O3. The van der Waals surface area contributed by atoms with E-state index in [1.807, 2.05) is 0 Å². The van der Waals surface area contributed by atoms with Crippen LogP contribution in [0.3, 0.4) is 0 Å². The van der Waals surface area contributed by atoms with Crippen molar-refractivity contribution in [2.24, 2.45) is 0 Å². The fraction of sp³-hybridized carbons (Fsp3) is 0.250. The molecule has 0 saturated carbocycles. The first-order valence-corrected chi connectivity index (χ1v) is 4.65. The average molecular weight is 206 g/mol. The second-order valence-corrected chi connectivity index (χ2v) is 3.61. The third-order valence-corrected chi connectivity index (χ3v) is 2.09. The van der Waals surface area contributed by atoms with Gasteiger partial charge in [0, 0.05) is 11.1 Å². The molecule has 0 aromatic heterocycles. The second kappa shape index (κ2) is 4.75. The predicted octanol–water partition coefficient (Wildman–Crippen LogP) is 2.20. The first-order chi connectivity index (χ1) is 7.04. The minimum atomic E-state index is -0.817. The Morgan fingerprint density at radius 2 is 2.27 bits per heavy atom. The van der Waals surface area contributed by atoms with Crippen molar-refractivity contribution in [3.63, 3.8) is 0 Å². The summed E-state index contributed by atoms with van der Waals surface area (Å²) in [6, 6.07) is 4.38. The highest BCUT2D eigenvalue weighted by Crippen LogP contribution is 2.28. The van der Waals surface area contributed by atoms with Crippen LogP contribution in [0.25, 0.3) is 0 Å². The molecule has 0 amide bonds. The number of benzene rings is 1. The number of hydrogen-bond acceptors (Lipinski definition) is 3. The van der Waals surface area contributed by atoms with Crippen molar-refractivity contribution in [1.29, 1.82) is 0 Å². The summed E-state index contributed by atoms with van der Waals surface area (Å²) >= 11 is 0. The molecule has 2 N–H and O–H groups in total. The lowest BCUT2D eigenvalue weighted by atomic mass is 10.0. The molecular weight excluding hydrogens is 192 g/mol. The molecule has 0 aliphatic carbocycles. The number of rotatable bonds is 4. The number of hydrogen-bond donors (Lipinski definition) is 2. The van der Waals surface area contributed by atoms with Crippen LogP contribution in [0, 0.1) is 0 Å². The maximum Gasteiger partial charge on any atom is 0.150 e. The smallest absolute Gasteiger partial charge is 0.150 e. The Hall–Kier alpha value is -1.61. The third-order valence-electron chi connectivity index (χ3n) is 2.09. The van der Waals surface area contributed by atoms with Crippen LogP contribution < -0.4 is 0 Å². The molecule has 1 atom stereocenters. The van der Waals surface area contributed by atoms with Crippen molar-refractivity contribution < 1.29 is 15.0 Å². The van der Waals surface area contributed by atoms with Crippen LogP contribution >= 0.6 is 0 Å².